The Kier molecular flexibility index (Phi) is 5.47. The van der Waals surface area contributed by atoms with Gasteiger partial charge in [-0.2, -0.15) is 0 Å². The highest BCUT2D eigenvalue weighted by Gasteiger charge is 2.23. The molecule has 3 heterocycles. The number of nitrogens with two attached hydrogens (primary N) is 1. The fraction of sp³-hybridized carbons (Fsp3) is 0.115. The normalized spacial score (nSPS) is 11.8. The molecule has 0 amide bonds. The van der Waals surface area contributed by atoms with Crippen molar-refractivity contribution >= 4 is 22.4 Å². The number of nitrogens with one attached hydrogen (secondary N) is 1. The van der Waals surface area contributed by atoms with Gasteiger partial charge in [-0.05, 0) is 37.3 Å². The van der Waals surface area contributed by atoms with Crippen molar-refractivity contribution in [3.05, 3.63) is 88.4 Å². The van der Waals surface area contributed by atoms with Gasteiger partial charge in [0, 0.05) is 24.4 Å². The fourth-order valence-electron chi connectivity index (χ4n) is 3.96. The van der Waals surface area contributed by atoms with Crippen molar-refractivity contribution in [3.8, 4) is 29.5 Å². The Hall–Kier alpha value is -4.97. The number of anilines is 2. The summed E-state index contributed by atoms with van der Waals surface area (Å²) in [5.74, 6) is 4.14. The van der Waals surface area contributed by atoms with E-state index in [4.69, 9.17) is 21.6 Å². The molecule has 3 aromatic heterocycles. The fourth-order valence-corrected chi connectivity index (χ4v) is 3.96. The molecule has 0 aliphatic carbocycles. The van der Waals surface area contributed by atoms with Gasteiger partial charge in [0.2, 0.25) is 5.89 Å². The Balaban J connectivity index is 1.69. The third-order valence-corrected chi connectivity index (χ3v) is 5.56. The van der Waals surface area contributed by atoms with Crippen LogP contribution in [0, 0.1) is 19.3 Å². The van der Waals surface area contributed by atoms with Crippen LogP contribution in [-0.4, -0.2) is 24.7 Å². The number of hydrogen-bond acceptors (Lipinski definition) is 8. The van der Waals surface area contributed by atoms with Crippen LogP contribution in [0.25, 0.3) is 28.0 Å². The van der Waals surface area contributed by atoms with Crippen molar-refractivity contribution in [2.24, 2.45) is 0 Å². The topological polar surface area (TPSA) is 125 Å². The van der Waals surface area contributed by atoms with Crippen LogP contribution in [0.4, 0.5) is 11.5 Å². The average molecular weight is 464 g/mol. The van der Waals surface area contributed by atoms with Gasteiger partial charge in [0.05, 0.1) is 22.6 Å². The van der Waals surface area contributed by atoms with Gasteiger partial charge in [-0.15, -0.1) is 16.6 Å². The number of nitrogen functional groups attached to an aromatic ring is 1. The second-order valence-electron chi connectivity index (χ2n) is 7.91. The van der Waals surface area contributed by atoms with E-state index in [2.05, 4.69) is 26.4 Å². The molecule has 0 bridgehead atoms. The standard InChI is InChI=1S/C26H21N7O2/c1-4-17-9-8-12-20-21(17)26(34)33(18-10-6-5-7-11-18)24(30-20)15(2)29-23-22(19(27)13-14-28-23)25-32-31-16(3)35-25/h1,5-15H,2-3H3,(H3,27,28,29)/t15-/m0/s1. The summed E-state index contributed by atoms with van der Waals surface area (Å²) in [7, 11) is 0. The van der Waals surface area contributed by atoms with E-state index in [9.17, 15) is 4.79 Å². The largest absolute Gasteiger partial charge is 0.421 e. The van der Waals surface area contributed by atoms with E-state index in [0.29, 0.717) is 50.9 Å². The number of nitrogens with zero attached hydrogens (tertiary/aromatic N) is 5. The molecule has 9 heteroatoms. The Labute approximate surface area is 200 Å². The molecule has 0 spiro atoms. The summed E-state index contributed by atoms with van der Waals surface area (Å²) < 4.78 is 7.16. The number of hydrogen-bond donors (Lipinski definition) is 2. The minimum Gasteiger partial charge on any atom is -0.421 e. The van der Waals surface area contributed by atoms with Crippen molar-refractivity contribution < 1.29 is 4.42 Å². The Morgan fingerprint density at radius 3 is 2.63 bits per heavy atom. The molecule has 2 aromatic carbocycles. The van der Waals surface area contributed by atoms with Crippen molar-refractivity contribution in [2.75, 3.05) is 11.1 Å². The summed E-state index contributed by atoms with van der Waals surface area (Å²) in [5, 5.41) is 11.7. The van der Waals surface area contributed by atoms with Crippen LogP contribution in [0.1, 0.15) is 30.2 Å². The molecule has 0 aliphatic heterocycles. The summed E-state index contributed by atoms with van der Waals surface area (Å²) in [6, 6.07) is 15.8. The van der Waals surface area contributed by atoms with Crippen molar-refractivity contribution in [1.82, 2.24) is 24.7 Å². The van der Waals surface area contributed by atoms with Crippen LogP contribution < -0.4 is 16.6 Å². The van der Waals surface area contributed by atoms with Gasteiger partial charge in [0.25, 0.3) is 11.4 Å². The van der Waals surface area contributed by atoms with Gasteiger partial charge in [0.15, 0.2) is 0 Å². The molecule has 0 radical (unpaired) electrons. The number of aromatic nitrogens is 5. The summed E-state index contributed by atoms with van der Waals surface area (Å²) in [6.45, 7) is 3.58. The second-order valence-corrected chi connectivity index (χ2v) is 7.91. The van der Waals surface area contributed by atoms with Crippen LogP contribution in [0.5, 0.6) is 0 Å². The predicted octanol–water partition coefficient (Wildman–Crippen LogP) is 3.88. The van der Waals surface area contributed by atoms with Gasteiger partial charge in [0.1, 0.15) is 17.2 Å². The maximum atomic E-state index is 13.8. The highest BCUT2D eigenvalue weighted by atomic mass is 16.4. The number of terminal acetylenes is 1. The third kappa shape index (κ3) is 3.87. The molecule has 1 atom stereocenters. The van der Waals surface area contributed by atoms with Crippen LogP contribution in [0.2, 0.25) is 0 Å². The molecule has 3 N–H and O–H groups in total. The SMILES string of the molecule is C#Cc1cccc2nc([C@H](C)Nc3nccc(N)c3-c3nnc(C)o3)n(-c3ccccc3)c(=O)c12. The van der Waals surface area contributed by atoms with Gasteiger partial charge in [-0.1, -0.05) is 30.2 Å². The maximum absolute atomic E-state index is 13.8. The Morgan fingerprint density at radius 1 is 1.11 bits per heavy atom. The number of rotatable bonds is 5. The summed E-state index contributed by atoms with van der Waals surface area (Å²) >= 11 is 0. The first-order valence-corrected chi connectivity index (χ1v) is 10.9. The molecule has 0 aliphatic rings. The van der Waals surface area contributed by atoms with E-state index in [1.165, 1.54) is 0 Å². The molecule has 5 aromatic rings. The number of benzene rings is 2. The monoisotopic (exact) mass is 463 g/mol. The molecular formula is C26H21N7O2. The van der Waals surface area contributed by atoms with E-state index < -0.39 is 6.04 Å². The lowest BCUT2D eigenvalue weighted by Gasteiger charge is -2.21. The van der Waals surface area contributed by atoms with Crippen molar-refractivity contribution in [3.63, 3.8) is 0 Å². The molecule has 5 rings (SSSR count). The lowest BCUT2D eigenvalue weighted by Crippen LogP contribution is -2.28. The van der Waals surface area contributed by atoms with Crippen LogP contribution in [0.3, 0.4) is 0 Å². The highest BCUT2D eigenvalue weighted by molar-refractivity contribution is 5.85. The zero-order valence-corrected chi connectivity index (χ0v) is 19.1. The zero-order valence-electron chi connectivity index (χ0n) is 19.1. The van der Waals surface area contributed by atoms with E-state index in [-0.39, 0.29) is 11.4 Å². The summed E-state index contributed by atoms with van der Waals surface area (Å²) in [5.41, 5.74) is 8.53. The Morgan fingerprint density at radius 2 is 1.91 bits per heavy atom. The average Bonchev–Trinajstić information content (AvgIpc) is 3.29. The lowest BCUT2D eigenvalue weighted by atomic mass is 10.1. The smallest absolute Gasteiger partial charge is 0.267 e. The van der Waals surface area contributed by atoms with E-state index in [1.807, 2.05) is 37.3 Å². The van der Waals surface area contributed by atoms with Crippen molar-refractivity contribution in [2.45, 2.75) is 19.9 Å². The lowest BCUT2D eigenvalue weighted by molar-refractivity contribution is 0.533. The molecule has 0 fully saturated rings. The minimum absolute atomic E-state index is 0.244. The number of fused-ring (bicyclic) bond motifs is 1. The van der Waals surface area contributed by atoms with E-state index >= 15 is 0 Å². The first-order chi connectivity index (χ1) is 17.0. The van der Waals surface area contributed by atoms with E-state index in [0.717, 1.165) is 0 Å². The highest BCUT2D eigenvalue weighted by Crippen LogP contribution is 2.33. The van der Waals surface area contributed by atoms with Gasteiger partial charge < -0.3 is 15.5 Å². The van der Waals surface area contributed by atoms with Gasteiger partial charge in [-0.3, -0.25) is 9.36 Å². The first kappa shape index (κ1) is 21.9. The third-order valence-electron chi connectivity index (χ3n) is 5.56. The van der Waals surface area contributed by atoms with Crippen LogP contribution in [-0.2, 0) is 0 Å². The van der Waals surface area contributed by atoms with Crippen LogP contribution >= 0.6 is 0 Å². The number of pyridine rings is 1. The second kappa shape index (κ2) is 8.76. The molecule has 0 saturated carbocycles. The summed E-state index contributed by atoms with van der Waals surface area (Å²) in [4.78, 5) is 23.0. The summed E-state index contributed by atoms with van der Waals surface area (Å²) in [6.07, 6.45) is 7.26. The Bertz CT molecular complexity index is 1650. The molecule has 0 unspecified atom stereocenters. The molecular weight excluding hydrogens is 442 g/mol. The molecule has 35 heavy (non-hydrogen) atoms. The van der Waals surface area contributed by atoms with E-state index in [1.54, 1.807) is 42.0 Å². The van der Waals surface area contributed by atoms with Crippen LogP contribution in [0.15, 0.2) is 70.0 Å². The maximum Gasteiger partial charge on any atom is 0.267 e. The quantitative estimate of drug-likeness (QED) is 0.376. The minimum atomic E-state index is -0.473. The number of para-hydroxylation sites is 1. The molecule has 9 nitrogen and oxygen atoms in total. The number of aryl methyl sites for hydroxylation is 1. The molecule has 172 valence electrons. The zero-order chi connectivity index (χ0) is 24.5. The molecule has 0 saturated heterocycles. The van der Waals surface area contributed by atoms with Gasteiger partial charge >= 0.3 is 0 Å². The predicted molar refractivity (Wildman–Crippen MR) is 134 cm³/mol. The van der Waals surface area contributed by atoms with Crippen molar-refractivity contribution in [1.29, 1.82) is 0 Å². The first-order valence-electron chi connectivity index (χ1n) is 10.9. The van der Waals surface area contributed by atoms with Gasteiger partial charge in [-0.25, -0.2) is 9.97 Å².